The van der Waals surface area contributed by atoms with E-state index in [2.05, 4.69) is 15.9 Å². The van der Waals surface area contributed by atoms with Crippen LogP contribution in [0.25, 0.3) is 0 Å². The normalized spacial score (nSPS) is 11.7. The highest BCUT2D eigenvalue weighted by Gasteiger charge is 2.11. The summed E-state index contributed by atoms with van der Waals surface area (Å²) in [7, 11) is 0. The van der Waals surface area contributed by atoms with Crippen LogP contribution in [-0.4, -0.2) is 5.60 Å². The fraction of sp³-hybridized carbons (Fsp3) is 0.455. The molecule has 0 heterocycles. The zero-order chi connectivity index (χ0) is 10.8. The topological polar surface area (TPSA) is 35.2 Å². The quantitative estimate of drug-likeness (QED) is 0.825. The molecule has 0 atom stereocenters. The monoisotopic (exact) mass is 257 g/mol. The summed E-state index contributed by atoms with van der Waals surface area (Å²) in [4.78, 5) is 0. The van der Waals surface area contributed by atoms with Crippen LogP contribution in [-0.2, 0) is 11.3 Å². The third-order valence-electron chi connectivity index (χ3n) is 1.77. The first-order chi connectivity index (χ1) is 6.38. The number of ether oxygens (including phenoxy) is 1. The predicted octanol–water partition coefficient (Wildman–Crippen LogP) is 3.35. The maximum absolute atomic E-state index is 5.84. The number of anilines is 1. The Morgan fingerprint density at radius 1 is 1.36 bits per heavy atom. The third-order valence-corrected chi connectivity index (χ3v) is 2.26. The Morgan fingerprint density at radius 2 is 2.00 bits per heavy atom. The van der Waals surface area contributed by atoms with E-state index in [1.807, 2.05) is 39.0 Å². The van der Waals surface area contributed by atoms with Gasteiger partial charge < -0.3 is 10.5 Å². The number of nitrogens with two attached hydrogens (primary N) is 1. The number of hydrogen-bond donors (Lipinski definition) is 1. The van der Waals surface area contributed by atoms with Gasteiger partial charge in [-0.15, -0.1) is 0 Å². The van der Waals surface area contributed by atoms with E-state index < -0.39 is 0 Å². The molecule has 0 radical (unpaired) electrons. The molecule has 0 aromatic heterocycles. The Hall–Kier alpha value is -0.540. The molecule has 0 unspecified atom stereocenters. The first kappa shape index (κ1) is 11.5. The molecule has 0 aliphatic carbocycles. The maximum Gasteiger partial charge on any atom is 0.0744 e. The lowest BCUT2D eigenvalue weighted by molar-refractivity contribution is -0.0146. The van der Waals surface area contributed by atoms with Crippen LogP contribution in [0.15, 0.2) is 22.7 Å². The van der Waals surface area contributed by atoms with Crippen molar-refractivity contribution in [2.24, 2.45) is 0 Å². The van der Waals surface area contributed by atoms with Crippen LogP contribution in [0.3, 0.4) is 0 Å². The first-order valence-electron chi connectivity index (χ1n) is 4.56. The van der Waals surface area contributed by atoms with E-state index in [1.54, 1.807) is 0 Å². The number of hydrogen-bond acceptors (Lipinski definition) is 2. The Balaban J connectivity index is 2.68. The molecule has 0 spiro atoms. The fourth-order valence-electron chi connectivity index (χ4n) is 0.991. The van der Waals surface area contributed by atoms with Gasteiger partial charge in [0, 0.05) is 15.7 Å². The van der Waals surface area contributed by atoms with Crippen LogP contribution in [0.5, 0.6) is 0 Å². The second-order valence-electron chi connectivity index (χ2n) is 4.24. The average Bonchev–Trinajstić information content (AvgIpc) is 2.00. The van der Waals surface area contributed by atoms with E-state index >= 15 is 0 Å². The predicted molar refractivity (Wildman–Crippen MR) is 63.1 cm³/mol. The van der Waals surface area contributed by atoms with Crippen molar-refractivity contribution in [1.29, 1.82) is 0 Å². The van der Waals surface area contributed by atoms with E-state index in [0.29, 0.717) is 6.61 Å². The SMILES string of the molecule is CC(C)(C)OCc1ccc(Br)cc1N. The molecule has 1 aromatic carbocycles. The Kier molecular flexibility index (Phi) is 3.56. The van der Waals surface area contributed by atoms with E-state index in [0.717, 1.165) is 15.7 Å². The second-order valence-corrected chi connectivity index (χ2v) is 5.16. The van der Waals surface area contributed by atoms with Crippen LogP contribution >= 0.6 is 15.9 Å². The van der Waals surface area contributed by atoms with Crippen LogP contribution in [0, 0.1) is 0 Å². The summed E-state index contributed by atoms with van der Waals surface area (Å²) in [6, 6.07) is 5.84. The minimum Gasteiger partial charge on any atom is -0.398 e. The Morgan fingerprint density at radius 3 is 2.50 bits per heavy atom. The van der Waals surface area contributed by atoms with Gasteiger partial charge in [0.05, 0.1) is 12.2 Å². The maximum atomic E-state index is 5.84. The number of halogens is 1. The molecular formula is C11H16BrNO. The zero-order valence-electron chi connectivity index (χ0n) is 8.80. The van der Waals surface area contributed by atoms with Gasteiger partial charge in [0.2, 0.25) is 0 Å². The standard InChI is InChI=1S/C11H16BrNO/c1-11(2,3)14-7-8-4-5-9(12)6-10(8)13/h4-6H,7,13H2,1-3H3. The molecule has 1 aromatic rings. The van der Waals surface area contributed by atoms with Crippen molar-refractivity contribution in [3.8, 4) is 0 Å². The van der Waals surface area contributed by atoms with Crippen molar-refractivity contribution in [3.63, 3.8) is 0 Å². The molecule has 0 aliphatic rings. The minimum atomic E-state index is -0.125. The molecule has 1 rings (SSSR count). The molecule has 0 aliphatic heterocycles. The van der Waals surface area contributed by atoms with Crippen LogP contribution in [0.2, 0.25) is 0 Å². The lowest BCUT2D eigenvalue weighted by atomic mass is 10.1. The van der Waals surface area contributed by atoms with Crippen LogP contribution in [0.4, 0.5) is 5.69 Å². The number of rotatable bonds is 2. The van der Waals surface area contributed by atoms with Gasteiger partial charge in [-0.1, -0.05) is 22.0 Å². The molecule has 0 saturated heterocycles. The molecule has 3 heteroatoms. The van der Waals surface area contributed by atoms with E-state index in [-0.39, 0.29) is 5.60 Å². The average molecular weight is 258 g/mol. The van der Waals surface area contributed by atoms with Crippen molar-refractivity contribution in [2.45, 2.75) is 33.0 Å². The smallest absolute Gasteiger partial charge is 0.0744 e. The van der Waals surface area contributed by atoms with Crippen molar-refractivity contribution in [2.75, 3.05) is 5.73 Å². The summed E-state index contributed by atoms with van der Waals surface area (Å²) >= 11 is 3.37. The molecule has 0 fully saturated rings. The molecule has 2 N–H and O–H groups in total. The summed E-state index contributed by atoms with van der Waals surface area (Å²) in [6.45, 7) is 6.65. The van der Waals surface area contributed by atoms with Gasteiger partial charge in [-0.25, -0.2) is 0 Å². The van der Waals surface area contributed by atoms with Gasteiger partial charge in [-0.3, -0.25) is 0 Å². The molecule has 14 heavy (non-hydrogen) atoms. The van der Waals surface area contributed by atoms with Gasteiger partial charge >= 0.3 is 0 Å². The summed E-state index contributed by atoms with van der Waals surface area (Å²) in [6.07, 6.45) is 0. The van der Waals surface area contributed by atoms with Gasteiger partial charge in [0.15, 0.2) is 0 Å². The zero-order valence-corrected chi connectivity index (χ0v) is 10.4. The first-order valence-corrected chi connectivity index (χ1v) is 5.36. The van der Waals surface area contributed by atoms with E-state index in [9.17, 15) is 0 Å². The largest absolute Gasteiger partial charge is 0.398 e. The van der Waals surface area contributed by atoms with E-state index in [4.69, 9.17) is 10.5 Å². The molecular weight excluding hydrogens is 242 g/mol. The van der Waals surface area contributed by atoms with Crippen LogP contribution in [0.1, 0.15) is 26.3 Å². The second kappa shape index (κ2) is 4.32. The minimum absolute atomic E-state index is 0.125. The van der Waals surface area contributed by atoms with Gasteiger partial charge in [-0.05, 0) is 32.9 Å². The summed E-state index contributed by atoms with van der Waals surface area (Å²) < 4.78 is 6.64. The molecule has 0 saturated carbocycles. The molecule has 0 amide bonds. The third kappa shape index (κ3) is 3.68. The number of nitrogen functional groups attached to an aromatic ring is 1. The van der Waals surface area contributed by atoms with Crippen molar-refractivity contribution >= 4 is 21.6 Å². The highest BCUT2D eigenvalue weighted by Crippen LogP contribution is 2.21. The fourth-order valence-corrected chi connectivity index (χ4v) is 1.37. The van der Waals surface area contributed by atoms with Crippen molar-refractivity contribution in [1.82, 2.24) is 0 Å². The molecule has 78 valence electrons. The molecule has 2 nitrogen and oxygen atoms in total. The van der Waals surface area contributed by atoms with Gasteiger partial charge in [-0.2, -0.15) is 0 Å². The van der Waals surface area contributed by atoms with Gasteiger partial charge in [0.1, 0.15) is 0 Å². The lowest BCUT2D eigenvalue weighted by Crippen LogP contribution is -2.19. The highest BCUT2D eigenvalue weighted by molar-refractivity contribution is 9.10. The Bertz CT molecular complexity index is 318. The number of benzene rings is 1. The van der Waals surface area contributed by atoms with E-state index in [1.165, 1.54) is 0 Å². The van der Waals surface area contributed by atoms with Crippen molar-refractivity contribution < 1.29 is 4.74 Å². The summed E-state index contributed by atoms with van der Waals surface area (Å²) in [5, 5.41) is 0. The van der Waals surface area contributed by atoms with Crippen LogP contribution < -0.4 is 5.73 Å². The van der Waals surface area contributed by atoms with Crippen molar-refractivity contribution in [3.05, 3.63) is 28.2 Å². The summed E-state index contributed by atoms with van der Waals surface area (Å²) in [5.74, 6) is 0. The molecule has 0 bridgehead atoms. The highest BCUT2D eigenvalue weighted by atomic mass is 79.9. The lowest BCUT2D eigenvalue weighted by Gasteiger charge is -2.20. The van der Waals surface area contributed by atoms with Gasteiger partial charge in [0.25, 0.3) is 0 Å². The summed E-state index contributed by atoms with van der Waals surface area (Å²) in [5.41, 5.74) is 7.51. The Labute approximate surface area is 93.6 Å².